The number of nitrogens with zero attached hydrogens (tertiary/aromatic N) is 2. The number of halogens is 1. The predicted molar refractivity (Wildman–Crippen MR) is 59.6 cm³/mol. The Labute approximate surface area is 92.2 Å². The molecule has 0 bridgehead atoms. The second-order valence-corrected chi connectivity index (χ2v) is 4.38. The van der Waals surface area contributed by atoms with Crippen LogP contribution in [-0.4, -0.2) is 30.8 Å². The van der Waals surface area contributed by atoms with Gasteiger partial charge in [0, 0.05) is 23.8 Å². The molecule has 0 radical (unpaired) electrons. The van der Waals surface area contributed by atoms with E-state index in [1.807, 2.05) is 18.3 Å². The summed E-state index contributed by atoms with van der Waals surface area (Å²) in [7, 11) is 0. The van der Waals surface area contributed by atoms with Gasteiger partial charge in [-0.1, -0.05) is 15.9 Å². The molecule has 0 N–H and O–H groups in total. The lowest BCUT2D eigenvalue weighted by Crippen LogP contribution is -2.41. The number of morpholine rings is 1. The van der Waals surface area contributed by atoms with Gasteiger partial charge in [-0.15, -0.1) is 0 Å². The molecule has 0 spiro atoms. The lowest BCUT2D eigenvalue weighted by molar-refractivity contribution is 0.0529. The van der Waals surface area contributed by atoms with Gasteiger partial charge in [-0.3, -0.25) is 0 Å². The molecule has 0 saturated carbocycles. The van der Waals surface area contributed by atoms with Crippen molar-refractivity contribution in [3.8, 4) is 0 Å². The summed E-state index contributed by atoms with van der Waals surface area (Å²) in [6, 6.07) is 3.98. The molecule has 1 aliphatic heterocycles. The molecule has 0 aromatic carbocycles. The van der Waals surface area contributed by atoms with E-state index in [0.29, 0.717) is 6.10 Å². The normalized spacial score (nSPS) is 22.4. The molecule has 1 fully saturated rings. The van der Waals surface area contributed by atoms with Crippen LogP contribution in [0.4, 0.5) is 5.82 Å². The molecular formula is C10H13BrN2O. The maximum absolute atomic E-state index is 5.48. The van der Waals surface area contributed by atoms with Crippen molar-refractivity contribution in [3.63, 3.8) is 0 Å². The smallest absolute Gasteiger partial charge is 0.129 e. The van der Waals surface area contributed by atoms with Gasteiger partial charge >= 0.3 is 0 Å². The van der Waals surface area contributed by atoms with Gasteiger partial charge in [-0.2, -0.15) is 0 Å². The first-order valence-corrected chi connectivity index (χ1v) is 5.53. The highest BCUT2D eigenvalue weighted by Crippen LogP contribution is 2.18. The van der Waals surface area contributed by atoms with Gasteiger partial charge in [0.2, 0.25) is 0 Å². The first-order chi connectivity index (χ1) is 6.75. The summed E-state index contributed by atoms with van der Waals surface area (Å²) in [5.41, 5.74) is 0. The van der Waals surface area contributed by atoms with Gasteiger partial charge < -0.3 is 9.64 Å². The largest absolute Gasteiger partial charge is 0.375 e. The van der Waals surface area contributed by atoms with Crippen LogP contribution < -0.4 is 4.90 Å². The van der Waals surface area contributed by atoms with E-state index in [1.54, 1.807) is 0 Å². The van der Waals surface area contributed by atoms with E-state index in [0.717, 1.165) is 30.0 Å². The van der Waals surface area contributed by atoms with Crippen molar-refractivity contribution in [3.05, 3.63) is 22.8 Å². The Morgan fingerprint density at radius 3 is 3.21 bits per heavy atom. The van der Waals surface area contributed by atoms with E-state index >= 15 is 0 Å². The molecule has 14 heavy (non-hydrogen) atoms. The van der Waals surface area contributed by atoms with Crippen molar-refractivity contribution in [1.82, 2.24) is 4.98 Å². The second kappa shape index (κ2) is 4.28. The van der Waals surface area contributed by atoms with Crippen LogP contribution in [0.15, 0.2) is 22.8 Å². The number of rotatable bonds is 1. The summed E-state index contributed by atoms with van der Waals surface area (Å²) in [6.07, 6.45) is 2.11. The van der Waals surface area contributed by atoms with E-state index in [1.165, 1.54) is 0 Å². The summed E-state index contributed by atoms with van der Waals surface area (Å²) in [5.74, 6) is 1.02. The molecule has 1 saturated heterocycles. The molecule has 2 rings (SSSR count). The van der Waals surface area contributed by atoms with Crippen LogP contribution in [0.3, 0.4) is 0 Å². The fraction of sp³-hybridized carbons (Fsp3) is 0.500. The fourth-order valence-corrected chi connectivity index (χ4v) is 1.92. The van der Waals surface area contributed by atoms with Crippen LogP contribution in [0.5, 0.6) is 0 Å². The lowest BCUT2D eigenvalue weighted by atomic mass is 10.3. The van der Waals surface area contributed by atoms with Gasteiger partial charge in [-0.05, 0) is 19.1 Å². The Bertz CT molecular complexity index is 319. The van der Waals surface area contributed by atoms with Gasteiger partial charge in [-0.25, -0.2) is 4.98 Å². The number of hydrogen-bond acceptors (Lipinski definition) is 3. The van der Waals surface area contributed by atoms with Crippen LogP contribution in [0.2, 0.25) is 0 Å². The van der Waals surface area contributed by atoms with Crippen molar-refractivity contribution in [2.45, 2.75) is 13.0 Å². The van der Waals surface area contributed by atoms with Crippen molar-refractivity contribution < 1.29 is 4.74 Å². The zero-order chi connectivity index (χ0) is 9.97. The molecule has 0 aliphatic carbocycles. The minimum atomic E-state index is 0.296. The lowest BCUT2D eigenvalue weighted by Gasteiger charge is -2.32. The Morgan fingerprint density at radius 1 is 1.64 bits per heavy atom. The number of hydrogen-bond donors (Lipinski definition) is 0. The minimum Gasteiger partial charge on any atom is -0.375 e. The molecular weight excluding hydrogens is 244 g/mol. The fourth-order valence-electron chi connectivity index (χ4n) is 1.59. The molecule has 1 aromatic rings. The second-order valence-electron chi connectivity index (χ2n) is 3.46. The number of aromatic nitrogens is 1. The number of pyridine rings is 1. The number of anilines is 1. The topological polar surface area (TPSA) is 25.4 Å². The van der Waals surface area contributed by atoms with E-state index in [-0.39, 0.29) is 0 Å². The van der Waals surface area contributed by atoms with Gasteiger partial charge in [0.1, 0.15) is 5.82 Å². The molecule has 2 heterocycles. The number of ether oxygens (including phenoxy) is 1. The van der Waals surface area contributed by atoms with Gasteiger partial charge in [0.25, 0.3) is 0 Å². The average molecular weight is 257 g/mol. The first-order valence-electron chi connectivity index (χ1n) is 4.74. The van der Waals surface area contributed by atoms with Crippen molar-refractivity contribution in [2.75, 3.05) is 24.6 Å². The standard InChI is InChI=1S/C10H13BrN2O/c1-8-7-13(4-5-14-8)10-6-9(11)2-3-12-10/h2-3,6,8H,4-5,7H2,1H3/t8-/m1/s1. The van der Waals surface area contributed by atoms with Crippen LogP contribution in [-0.2, 0) is 4.74 Å². The van der Waals surface area contributed by atoms with E-state index in [9.17, 15) is 0 Å². The van der Waals surface area contributed by atoms with Gasteiger partial charge in [0.15, 0.2) is 0 Å². The van der Waals surface area contributed by atoms with Gasteiger partial charge in [0.05, 0.1) is 12.7 Å². The van der Waals surface area contributed by atoms with E-state index in [4.69, 9.17) is 4.74 Å². The minimum absolute atomic E-state index is 0.296. The Morgan fingerprint density at radius 2 is 2.50 bits per heavy atom. The van der Waals surface area contributed by atoms with Crippen molar-refractivity contribution in [2.24, 2.45) is 0 Å². The molecule has 1 aromatic heterocycles. The van der Waals surface area contributed by atoms with Crippen molar-refractivity contribution in [1.29, 1.82) is 0 Å². The Balaban J connectivity index is 2.14. The third-order valence-corrected chi connectivity index (χ3v) is 2.77. The van der Waals surface area contributed by atoms with E-state index in [2.05, 4.69) is 32.7 Å². The summed E-state index contributed by atoms with van der Waals surface area (Å²) in [4.78, 5) is 6.59. The highest BCUT2D eigenvalue weighted by atomic mass is 79.9. The van der Waals surface area contributed by atoms with Crippen LogP contribution in [0.1, 0.15) is 6.92 Å². The summed E-state index contributed by atoms with van der Waals surface area (Å²) < 4.78 is 6.55. The van der Waals surface area contributed by atoms with Crippen molar-refractivity contribution >= 4 is 21.7 Å². The molecule has 0 unspecified atom stereocenters. The Kier molecular flexibility index (Phi) is 3.03. The highest BCUT2D eigenvalue weighted by molar-refractivity contribution is 9.10. The van der Waals surface area contributed by atoms with E-state index < -0.39 is 0 Å². The third-order valence-electron chi connectivity index (χ3n) is 2.27. The maximum atomic E-state index is 5.48. The zero-order valence-corrected chi connectivity index (χ0v) is 9.70. The average Bonchev–Trinajstić information content (AvgIpc) is 2.18. The molecule has 76 valence electrons. The third kappa shape index (κ3) is 2.25. The zero-order valence-electron chi connectivity index (χ0n) is 8.11. The molecule has 3 nitrogen and oxygen atoms in total. The molecule has 0 amide bonds. The van der Waals surface area contributed by atoms with Crippen LogP contribution in [0, 0.1) is 0 Å². The monoisotopic (exact) mass is 256 g/mol. The molecule has 1 aliphatic rings. The molecule has 4 heteroatoms. The van der Waals surface area contributed by atoms with Crippen LogP contribution >= 0.6 is 15.9 Å². The summed E-state index contributed by atoms with van der Waals surface area (Å²) in [5, 5.41) is 0. The summed E-state index contributed by atoms with van der Waals surface area (Å²) in [6.45, 7) is 4.72. The first kappa shape index (κ1) is 9.93. The van der Waals surface area contributed by atoms with Crippen LogP contribution in [0.25, 0.3) is 0 Å². The molecule has 1 atom stereocenters. The maximum Gasteiger partial charge on any atom is 0.129 e. The SMILES string of the molecule is C[C@@H]1CN(c2cc(Br)ccn2)CCO1. The predicted octanol–water partition coefficient (Wildman–Crippen LogP) is 2.07. The summed E-state index contributed by atoms with van der Waals surface area (Å²) >= 11 is 3.45. The Hall–Kier alpha value is -0.610. The quantitative estimate of drug-likeness (QED) is 0.770. The highest BCUT2D eigenvalue weighted by Gasteiger charge is 2.17.